The summed E-state index contributed by atoms with van der Waals surface area (Å²) < 4.78 is 0. The lowest BCUT2D eigenvalue weighted by Crippen LogP contribution is -2.36. The van der Waals surface area contributed by atoms with E-state index in [1.54, 1.807) is 0 Å². The lowest BCUT2D eigenvalue weighted by atomic mass is 10.1. The number of nitrogens with zero attached hydrogens (tertiary/aromatic N) is 1. The molecule has 0 aliphatic carbocycles. The Bertz CT molecular complexity index is 128. The van der Waals surface area contributed by atoms with Crippen LogP contribution in [0.4, 0.5) is 0 Å². The molecule has 0 heterocycles. The summed E-state index contributed by atoms with van der Waals surface area (Å²) in [5.41, 5.74) is 0. The number of rotatable bonds is 8. The van der Waals surface area contributed by atoms with E-state index in [2.05, 4.69) is 19.2 Å². The van der Waals surface area contributed by atoms with Gasteiger partial charge in [0.15, 0.2) is 0 Å². The minimum Gasteiger partial charge on any atom is -0.390 e. The van der Waals surface area contributed by atoms with E-state index in [0.29, 0.717) is 12.5 Å². The molecule has 0 bridgehead atoms. The average Bonchev–Trinajstić information content (AvgIpc) is 2.02. The molecule has 0 amide bonds. The molecule has 2 N–H and O–H groups in total. The predicted octanol–water partition coefficient (Wildman–Crippen LogP) is 0.935. The molecular formula is C11H26N2O. The zero-order valence-corrected chi connectivity index (χ0v) is 10.1. The van der Waals surface area contributed by atoms with Crippen LogP contribution in [-0.2, 0) is 0 Å². The van der Waals surface area contributed by atoms with E-state index >= 15 is 0 Å². The number of likely N-dealkylation sites (N-methyl/N-ethyl adjacent to an activating group) is 1. The molecule has 0 fully saturated rings. The van der Waals surface area contributed by atoms with Crippen LogP contribution in [-0.4, -0.2) is 49.8 Å². The number of hydrogen-bond acceptors (Lipinski definition) is 3. The van der Waals surface area contributed by atoms with Crippen LogP contribution in [0.3, 0.4) is 0 Å². The quantitative estimate of drug-likeness (QED) is 0.615. The maximum absolute atomic E-state index is 9.56. The van der Waals surface area contributed by atoms with Gasteiger partial charge in [-0.05, 0) is 33.0 Å². The number of aliphatic hydroxyl groups excluding tert-OH is 1. The largest absolute Gasteiger partial charge is 0.390 e. The zero-order chi connectivity index (χ0) is 11.0. The fraction of sp³-hybridized carbons (Fsp3) is 1.00. The van der Waals surface area contributed by atoms with E-state index in [0.717, 1.165) is 13.1 Å². The standard InChI is InChI=1S/C11H26N2O/c1-5-6-10(2)7-12-8-11(14)9-13(3)4/h10-12,14H,5-9H2,1-4H3. The van der Waals surface area contributed by atoms with Crippen LogP contribution >= 0.6 is 0 Å². The van der Waals surface area contributed by atoms with Crippen molar-refractivity contribution < 1.29 is 5.11 Å². The number of nitrogens with one attached hydrogen (secondary N) is 1. The van der Waals surface area contributed by atoms with Gasteiger partial charge in [0.1, 0.15) is 0 Å². The molecule has 0 aromatic carbocycles. The Hall–Kier alpha value is -0.120. The van der Waals surface area contributed by atoms with E-state index in [9.17, 15) is 5.11 Å². The Morgan fingerprint density at radius 1 is 1.29 bits per heavy atom. The maximum atomic E-state index is 9.56. The van der Waals surface area contributed by atoms with Crippen molar-refractivity contribution in [1.82, 2.24) is 10.2 Å². The van der Waals surface area contributed by atoms with E-state index in [1.165, 1.54) is 12.8 Å². The normalized spacial score (nSPS) is 15.9. The van der Waals surface area contributed by atoms with Crippen molar-refractivity contribution in [3.05, 3.63) is 0 Å². The van der Waals surface area contributed by atoms with Crippen LogP contribution in [0.2, 0.25) is 0 Å². The first-order valence-electron chi connectivity index (χ1n) is 5.59. The van der Waals surface area contributed by atoms with Gasteiger partial charge in [0.25, 0.3) is 0 Å². The van der Waals surface area contributed by atoms with Crippen LogP contribution in [0.1, 0.15) is 26.7 Å². The average molecular weight is 202 g/mol. The molecule has 0 saturated heterocycles. The maximum Gasteiger partial charge on any atom is 0.0791 e. The van der Waals surface area contributed by atoms with Crippen molar-refractivity contribution >= 4 is 0 Å². The summed E-state index contributed by atoms with van der Waals surface area (Å²) in [7, 11) is 3.95. The summed E-state index contributed by atoms with van der Waals surface area (Å²) in [6.45, 7) is 6.89. The van der Waals surface area contributed by atoms with Crippen molar-refractivity contribution in [1.29, 1.82) is 0 Å². The summed E-state index contributed by atoms with van der Waals surface area (Å²) >= 11 is 0. The van der Waals surface area contributed by atoms with Crippen molar-refractivity contribution in [2.45, 2.75) is 32.8 Å². The second kappa shape index (κ2) is 8.21. The Labute approximate surface area is 88.5 Å². The minimum atomic E-state index is -0.251. The van der Waals surface area contributed by atoms with Crippen LogP contribution in [0.25, 0.3) is 0 Å². The molecule has 14 heavy (non-hydrogen) atoms. The molecule has 0 aromatic rings. The summed E-state index contributed by atoms with van der Waals surface area (Å²) in [5.74, 6) is 0.714. The highest BCUT2D eigenvalue weighted by molar-refractivity contribution is 4.64. The van der Waals surface area contributed by atoms with Gasteiger partial charge in [-0.15, -0.1) is 0 Å². The van der Waals surface area contributed by atoms with Gasteiger partial charge in [-0.1, -0.05) is 20.3 Å². The monoisotopic (exact) mass is 202 g/mol. The molecule has 0 spiro atoms. The first-order chi connectivity index (χ1) is 6.56. The topological polar surface area (TPSA) is 35.5 Å². The van der Waals surface area contributed by atoms with Gasteiger partial charge in [0.2, 0.25) is 0 Å². The second-order valence-electron chi connectivity index (χ2n) is 4.47. The van der Waals surface area contributed by atoms with E-state index < -0.39 is 0 Å². The molecule has 0 saturated carbocycles. The number of aliphatic hydroxyl groups is 1. The second-order valence-corrected chi connectivity index (χ2v) is 4.47. The van der Waals surface area contributed by atoms with E-state index in [1.807, 2.05) is 19.0 Å². The van der Waals surface area contributed by atoms with Gasteiger partial charge in [-0.3, -0.25) is 0 Å². The van der Waals surface area contributed by atoms with Gasteiger partial charge < -0.3 is 15.3 Å². The molecule has 0 aromatic heterocycles. The Balaban J connectivity index is 3.34. The van der Waals surface area contributed by atoms with Crippen LogP contribution < -0.4 is 5.32 Å². The lowest BCUT2D eigenvalue weighted by Gasteiger charge is -2.18. The Morgan fingerprint density at radius 3 is 2.43 bits per heavy atom. The minimum absolute atomic E-state index is 0.251. The molecule has 86 valence electrons. The summed E-state index contributed by atoms with van der Waals surface area (Å²) in [6, 6.07) is 0. The van der Waals surface area contributed by atoms with Crippen molar-refractivity contribution in [2.75, 3.05) is 33.7 Å². The lowest BCUT2D eigenvalue weighted by molar-refractivity contribution is 0.133. The molecule has 3 heteroatoms. The van der Waals surface area contributed by atoms with Gasteiger partial charge in [-0.2, -0.15) is 0 Å². The molecule has 0 radical (unpaired) electrons. The van der Waals surface area contributed by atoms with E-state index in [-0.39, 0.29) is 6.10 Å². The van der Waals surface area contributed by atoms with Crippen molar-refractivity contribution in [3.8, 4) is 0 Å². The highest BCUT2D eigenvalue weighted by Gasteiger charge is 2.05. The fourth-order valence-electron chi connectivity index (χ4n) is 1.58. The highest BCUT2D eigenvalue weighted by Crippen LogP contribution is 2.02. The third-order valence-corrected chi connectivity index (χ3v) is 2.23. The first-order valence-corrected chi connectivity index (χ1v) is 5.59. The molecule has 3 nitrogen and oxygen atoms in total. The Kier molecular flexibility index (Phi) is 8.14. The van der Waals surface area contributed by atoms with Crippen molar-refractivity contribution in [2.24, 2.45) is 5.92 Å². The van der Waals surface area contributed by atoms with Crippen molar-refractivity contribution in [3.63, 3.8) is 0 Å². The van der Waals surface area contributed by atoms with Gasteiger partial charge in [0.05, 0.1) is 6.10 Å². The molecular weight excluding hydrogens is 176 g/mol. The van der Waals surface area contributed by atoms with Crippen LogP contribution in [0, 0.1) is 5.92 Å². The smallest absolute Gasteiger partial charge is 0.0791 e. The third kappa shape index (κ3) is 8.48. The Morgan fingerprint density at radius 2 is 1.93 bits per heavy atom. The van der Waals surface area contributed by atoms with E-state index in [4.69, 9.17) is 0 Å². The van der Waals surface area contributed by atoms with Crippen LogP contribution in [0.5, 0.6) is 0 Å². The summed E-state index contributed by atoms with van der Waals surface area (Å²) in [6.07, 6.45) is 2.25. The molecule has 0 aliphatic heterocycles. The summed E-state index contributed by atoms with van der Waals surface area (Å²) in [4.78, 5) is 2.00. The van der Waals surface area contributed by atoms with Gasteiger partial charge >= 0.3 is 0 Å². The number of hydrogen-bond donors (Lipinski definition) is 2. The molecule has 0 rings (SSSR count). The van der Waals surface area contributed by atoms with Gasteiger partial charge in [0, 0.05) is 13.1 Å². The zero-order valence-electron chi connectivity index (χ0n) is 10.1. The third-order valence-electron chi connectivity index (χ3n) is 2.23. The molecule has 0 aliphatic rings. The SMILES string of the molecule is CCCC(C)CNCC(O)CN(C)C. The highest BCUT2D eigenvalue weighted by atomic mass is 16.3. The molecule has 2 atom stereocenters. The summed E-state index contributed by atoms with van der Waals surface area (Å²) in [5, 5.41) is 12.9. The first kappa shape index (κ1) is 13.9. The fourth-order valence-corrected chi connectivity index (χ4v) is 1.58. The predicted molar refractivity (Wildman–Crippen MR) is 61.5 cm³/mol. The molecule has 2 unspecified atom stereocenters. The van der Waals surface area contributed by atoms with Gasteiger partial charge in [-0.25, -0.2) is 0 Å². The van der Waals surface area contributed by atoms with Crippen LogP contribution in [0.15, 0.2) is 0 Å².